The highest BCUT2D eigenvalue weighted by Gasteiger charge is 2.13. The summed E-state index contributed by atoms with van der Waals surface area (Å²) in [7, 11) is 0. The Balaban J connectivity index is 2.46. The number of rotatable bonds is 3. The van der Waals surface area contributed by atoms with Gasteiger partial charge in [0.05, 0.1) is 6.33 Å². The Hall–Kier alpha value is -1.38. The van der Waals surface area contributed by atoms with E-state index in [1.54, 1.807) is 0 Å². The molecule has 92 valence electrons. The fraction of sp³-hybridized carbons (Fsp3) is 0.571. The standard InChI is InChI=1S/C14H21N3/c1-9(2)11(5)12-6-13-14(15-7-12)17(8-16-13)10(3)4/h6-11H,1-5H3. The SMILES string of the molecule is CC(C)C(C)c1cnc2c(c1)ncn2C(C)C. The molecule has 1 unspecified atom stereocenters. The van der Waals surface area contributed by atoms with Crippen LogP contribution >= 0.6 is 0 Å². The van der Waals surface area contributed by atoms with E-state index in [-0.39, 0.29) is 0 Å². The molecule has 0 N–H and O–H groups in total. The highest BCUT2D eigenvalue weighted by atomic mass is 15.1. The van der Waals surface area contributed by atoms with Gasteiger partial charge in [0.25, 0.3) is 0 Å². The lowest BCUT2D eigenvalue weighted by atomic mass is 9.91. The highest BCUT2D eigenvalue weighted by molar-refractivity contribution is 5.71. The van der Waals surface area contributed by atoms with Crippen molar-refractivity contribution in [1.82, 2.24) is 14.5 Å². The highest BCUT2D eigenvalue weighted by Crippen LogP contribution is 2.25. The molecule has 0 aliphatic heterocycles. The van der Waals surface area contributed by atoms with Crippen molar-refractivity contribution >= 4 is 11.2 Å². The second-order valence-electron chi connectivity index (χ2n) is 5.39. The van der Waals surface area contributed by atoms with Crippen LogP contribution in [0.3, 0.4) is 0 Å². The molecular weight excluding hydrogens is 210 g/mol. The summed E-state index contributed by atoms with van der Waals surface area (Å²) in [6.45, 7) is 11.0. The smallest absolute Gasteiger partial charge is 0.160 e. The maximum absolute atomic E-state index is 4.57. The number of pyridine rings is 1. The summed E-state index contributed by atoms with van der Waals surface area (Å²) in [5.41, 5.74) is 3.27. The van der Waals surface area contributed by atoms with E-state index in [9.17, 15) is 0 Å². The summed E-state index contributed by atoms with van der Waals surface area (Å²) in [6, 6.07) is 2.58. The van der Waals surface area contributed by atoms with Crippen LogP contribution in [0.4, 0.5) is 0 Å². The molecule has 0 aromatic carbocycles. The zero-order valence-electron chi connectivity index (χ0n) is 11.3. The molecule has 0 bridgehead atoms. The van der Waals surface area contributed by atoms with Crippen molar-refractivity contribution in [2.75, 3.05) is 0 Å². The molecule has 0 fully saturated rings. The molecule has 3 nitrogen and oxygen atoms in total. The molecular formula is C14H21N3. The molecule has 0 aliphatic carbocycles. The minimum Gasteiger partial charge on any atom is -0.313 e. The summed E-state index contributed by atoms with van der Waals surface area (Å²) in [5, 5.41) is 0. The Morgan fingerprint density at radius 2 is 1.76 bits per heavy atom. The number of hydrogen-bond donors (Lipinski definition) is 0. The number of fused-ring (bicyclic) bond motifs is 1. The summed E-state index contributed by atoms with van der Waals surface area (Å²) in [5.74, 6) is 1.15. The van der Waals surface area contributed by atoms with Gasteiger partial charge in [-0.05, 0) is 37.3 Å². The van der Waals surface area contributed by atoms with Gasteiger partial charge in [0.15, 0.2) is 5.65 Å². The monoisotopic (exact) mass is 231 g/mol. The molecule has 17 heavy (non-hydrogen) atoms. The number of aromatic nitrogens is 3. The second-order valence-corrected chi connectivity index (χ2v) is 5.39. The third-order valence-corrected chi connectivity index (χ3v) is 3.52. The minimum atomic E-state index is 0.404. The summed E-state index contributed by atoms with van der Waals surface area (Å²) in [4.78, 5) is 9.01. The normalized spacial score (nSPS) is 13.8. The Morgan fingerprint density at radius 1 is 1.06 bits per heavy atom. The zero-order chi connectivity index (χ0) is 12.6. The summed E-state index contributed by atoms with van der Waals surface area (Å²) < 4.78 is 2.11. The molecule has 2 aromatic rings. The molecule has 0 radical (unpaired) electrons. The van der Waals surface area contributed by atoms with Crippen LogP contribution in [0.1, 0.15) is 52.1 Å². The van der Waals surface area contributed by atoms with Gasteiger partial charge in [-0.2, -0.15) is 0 Å². The Bertz CT molecular complexity index is 511. The number of nitrogens with zero attached hydrogens (tertiary/aromatic N) is 3. The van der Waals surface area contributed by atoms with Crippen LogP contribution in [0, 0.1) is 5.92 Å². The molecule has 3 heteroatoms. The van der Waals surface area contributed by atoms with Gasteiger partial charge in [-0.25, -0.2) is 9.97 Å². The van der Waals surface area contributed by atoms with Crippen LogP contribution in [0.15, 0.2) is 18.6 Å². The molecule has 0 aliphatic rings. The minimum absolute atomic E-state index is 0.404. The predicted molar refractivity (Wildman–Crippen MR) is 71.2 cm³/mol. The van der Waals surface area contributed by atoms with Crippen LogP contribution in [0.25, 0.3) is 11.2 Å². The van der Waals surface area contributed by atoms with Crippen molar-refractivity contribution in [2.24, 2.45) is 5.92 Å². The zero-order valence-corrected chi connectivity index (χ0v) is 11.3. The van der Waals surface area contributed by atoms with Crippen LogP contribution in [-0.4, -0.2) is 14.5 Å². The van der Waals surface area contributed by atoms with Crippen LogP contribution in [0.2, 0.25) is 0 Å². The quantitative estimate of drug-likeness (QED) is 0.805. The van der Waals surface area contributed by atoms with Gasteiger partial charge >= 0.3 is 0 Å². The van der Waals surface area contributed by atoms with E-state index >= 15 is 0 Å². The lowest BCUT2D eigenvalue weighted by molar-refractivity contribution is 0.534. The van der Waals surface area contributed by atoms with E-state index in [1.165, 1.54) is 5.56 Å². The van der Waals surface area contributed by atoms with Gasteiger partial charge in [-0.1, -0.05) is 20.8 Å². The molecule has 0 saturated heterocycles. The fourth-order valence-corrected chi connectivity index (χ4v) is 1.95. The molecule has 0 amide bonds. The maximum Gasteiger partial charge on any atom is 0.160 e. The van der Waals surface area contributed by atoms with E-state index in [4.69, 9.17) is 0 Å². The van der Waals surface area contributed by atoms with Crippen molar-refractivity contribution in [1.29, 1.82) is 0 Å². The van der Waals surface area contributed by atoms with E-state index in [1.807, 2.05) is 12.5 Å². The van der Waals surface area contributed by atoms with Gasteiger partial charge in [-0.15, -0.1) is 0 Å². The number of imidazole rings is 1. The Labute approximate surface area is 103 Å². The van der Waals surface area contributed by atoms with Crippen molar-refractivity contribution in [3.8, 4) is 0 Å². The molecule has 1 atom stereocenters. The van der Waals surface area contributed by atoms with E-state index < -0.39 is 0 Å². The third-order valence-electron chi connectivity index (χ3n) is 3.52. The van der Waals surface area contributed by atoms with Gasteiger partial charge in [-0.3, -0.25) is 0 Å². The average molecular weight is 231 g/mol. The molecule has 2 heterocycles. The van der Waals surface area contributed by atoms with Gasteiger partial charge in [0.1, 0.15) is 5.52 Å². The van der Waals surface area contributed by atoms with Gasteiger partial charge in [0, 0.05) is 12.2 Å². The van der Waals surface area contributed by atoms with Crippen LogP contribution < -0.4 is 0 Å². The molecule has 2 aromatic heterocycles. The fourth-order valence-electron chi connectivity index (χ4n) is 1.95. The van der Waals surface area contributed by atoms with E-state index in [0.717, 1.165) is 11.2 Å². The lowest BCUT2D eigenvalue weighted by Crippen LogP contribution is -2.04. The van der Waals surface area contributed by atoms with Crippen LogP contribution in [0.5, 0.6) is 0 Å². The van der Waals surface area contributed by atoms with E-state index in [0.29, 0.717) is 17.9 Å². The van der Waals surface area contributed by atoms with Crippen molar-refractivity contribution in [3.05, 3.63) is 24.2 Å². The molecule has 2 rings (SSSR count). The first-order chi connectivity index (χ1) is 8.00. The Kier molecular flexibility index (Phi) is 3.18. The molecule has 0 spiro atoms. The first-order valence-electron chi connectivity index (χ1n) is 6.33. The largest absolute Gasteiger partial charge is 0.313 e. The van der Waals surface area contributed by atoms with Crippen molar-refractivity contribution in [2.45, 2.75) is 46.6 Å². The van der Waals surface area contributed by atoms with Crippen molar-refractivity contribution in [3.63, 3.8) is 0 Å². The third kappa shape index (κ3) is 2.19. The summed E-state index contributed by atoms with van der Waals surface area (Å²) in [6.07, 6.45) is 3.87. The number of hydrogen-bond acceptors (Lipinski definition) is 2. The maximum atomic E-state index is 4.57. The molecule has 0 saturated carbocycles. The first-order valence-corrected chi connectivity index (χ1v) is 6.33. The van der Waals surface area contributed by atoms with Gasteiger partial charge in [0.2, 0.25) is 0 Å². The Morgan fingerprint density at radius 3 is 2.35 bits per heavy atom. The van der Waals surface area contributed by atoms with E-state index in [2.05, 4.69) is 55.2 Å². The average Bonchev–Trinajstić information content (AvgIpc) is 2.70. The van der Waals surface area contributed by atoms with Crippen molar-refractivity contribution < 1.29 is 0 Å². The second kappa shape index (κ2) is 4.47. The van der Waals surface area contributed by atoms with Gasteiger partial charge < -0.3 is 4.57 Å². The topological polar surface area (TPSA) is 30.7 Å². The first kappa shape index (κ1) is 12.1. The predicted octanol–water partition coefficient (Wildman–Crippen LogP) is 3.77. The lowest BCUT2D eigenvalue weighted by Gasteiger charge is -2.15. The summed E-state index contributed by atoms with van der Waals surface area (Å²) >= 11 is 0. The van der Waals surface area contributed by atoms with Crippen LogP contribution in [-0.2, 0) is 0 Å².